The molecular weight excluding hydrogens is 312 g/mol. The number of aromatic nitrogens is 1. The van der Waals surface area contributed by atoms with Crippen LogP contribution in [0.5, 0.6) is 11.5 Å². The topological polar surface area (TPSA) is 109 Å². The highest BCUT2D eigenvalue weighted by molar-refractivity contribution is 5.98. The molecule has 7 heteroatoms. The molecule has 1 atom stereocenters. The van der Waals surface area contributed by atoms with Crippen LogP contribution in [0.3, 0.4) is 0 Å². The molecule has 1 unspecified atom stereocenters. The minimum absolute atomic E-state index is 0.0982. The first-order valence-electron chi connectivity index (χ1n) is 7.31. The summed E-state index contributed by atoms with van der Waals surface area (Å²) < 4.78 is 5.28. The smallest absolute Gasteiger partial charge is 0.330 e. The zero-order valence-electron chi connectivity index (χ0n) is 12.9. The number of aromatic hydroxyl groups is 1. The highest BCUT2D eigenvalue weighted by Gasteiger charge is 2.47. The van der Waals surface area contributed by atoms with Gasteiger partial charge in [-0.2, -0.15) is 0 Å². The molecule has 0 saturated heterocycles. The Hall–Kier alpha value is -3.09. The number of pyridine rings is 1. The van der Waals surface area contributed by atoms with E-state index < -0.39 is 17.4 Å². The second kappa shape index (κ2) is 5.84. The Morgan fingerprint density at radius 1 is 1.25 bits per heavy atom. The summed E-state index contributed by atoms with van der Waals surface area (Å²) in [6, 6.07) is 8.15. The average molecular weight is 328 g/mol. The van der Waals surface area contributed by atoms with Gasteiger partial charge in [-0.3, -0.25) is 4.79 Å². The van der Waals surface area contributed by atoms with Crippen molar-refractivity contribution in [3.05, 3.63) is 53.3 Å². The van der Waals surface area contributed by atoms with Gasteiger partial charge in [-0.1, -0.05) is 12.1 Å². The van der Waals surface area contributed by atoms with Gasteiger partial charge in [-0.05, 0) is 23.8 Å². The predicted octanol–water partition coefficient (Wildman–Crippen LogP) is 1.15. The molecule has 2 aromatic rings. The molecule has 1 amide bonds. The molecule has 3 N–H and O–H groups in total. The summed E-state index contributed by atoms with van der Waals surface area (Å²) in [7, 11) is 1.51. The molecule has 0 fully saturated rings. The van der Waals surface area contributed by atoms with Crippen molar-refractivity contribution in [3.63, 3.8) is 0 Å². The molecule has 0 aliphatic heterocycles. The summed E-state index contributed by atoms with van der Waals surface area (Å²) in [6.45, 7) is 0. The van der Waals surface area contributed by atoms with E-state index in [4.69, 9.17) is 4.74 Å². The van der Waals surface area contributed by atoms with Gasteiger partial charge in [-0.25, -0.2) is 9.78 Å². The molecule has 0 radical (unpaired) electrons. The second-order valence-corrected chi connectivity index (χ2v) is 5.66. The van der Waals surface area contributed by atoms with Crippen molar-refractivity contribution >= 4 is 11.9 Å². The van der Waals surface area contributed by atoms with E-state index in [0.29, 0.717) is 5.75 Å². The molecule has 1 aromatic carbocycles. The molecule has 0 bridgehead atoms. The number of amides is 1. The van der Waals surface area contributed by atoms with Gasteiger partial charge in [0.25, 0.3) is 5.91 Å². The van der Waals surface area contributed by atoms with Gasteiger partial charge in [0.05, 0.1) is 7.11 Å². The first-order chi connectivity index (χ1) is 11.5. The molecule has 124 valence electrons. The lowest BCUT2D eigenvalue weighted by molar-refractivity contribution is -0.144. The summed E-state index contributed by atoms with van der Waals surface area (Å²) in [5, 5.41) is 22.0. The normalized spacial score (nSPS) is 18.7. The lowest BCUT2D eigenvalue weighted by Gasteiger charge is -2.25. The Labute approximate surface area is 137 Å². The monoisotopic (exact) mass is 328 g/mol. The number of nitrogens with one attached hydrogen (secondary N) is 1. The number of nitrogens with zero attached hydrogens (tertiary/aromatic N) is 1. The SMILES string of the molecule is COc1cccc2c1CC(NC(=O)c1ncccc1O)(C(=O)O)C2. The van der Waals surface area contributed by atoms with Crippen LogP contribution in [-0.2, 0) is 17.6 Å². The van der Waals surface area contributed by atoms with Gasteiger partial charge in [0.1, 0.15) is 17.0 Å². The van der Waals surface area contributed by atoms with Gasteiger partial charge in [0.15, 0.2) is 5.69 Å². The summed E-state index contributed by atoms with van der Waals surface area (Å²) in [5.41, 5.74) is -0.144. The van der Waals surface area contributed by atoms with Crippen LogP contribution in [-0.4, -0.2) is 39.7 Å². The van der Waals surface area contributed by atoms with Crippen LogP contribution in [0, 0.1) is 0 Å². The number of aliphatic carboxylic acids is 1. The fourth-order valence-electron chi connectivity index (χ4n) is 3.00. The number of carboxylic acids is 1. The number of hydrogen-bond donors (Lipinski definition) is 3. The van der Waals surface area contributed by atoms with Gasteiger partial charge >= 0.3 is 5.97 Å². The van der Waals surface area contributed by atoms with Crippen molar-refractivity contribution in [1.29, 1.82) is 0 Å². The molecule has 7 nitrogen and oxygen atoms in total. The number of hydrogen-bond acceptors (Lipinski definition) is 5. The Morgan fingerprint density at radius 2 is 2.04 bits per heavy atom. The molecule has 1 heterocycles. The van der Waals surface area contributed by atoms with Crippen LogP contribution in [0.4, 0.5) is 0 Å². The number of benzene rings is 1. The molecule has 0 saturated carbocycles. The third-order valence-corrected chi connectivity index (χ3v) is 4.18. The van der Waals surface area contributed by atoms with Crippen LogP contribution in [0.2, 0.25) is 0 Å². The third-order valence-electron chi connectivity index (χ3n) is 4.18. The van der Waals surface area contributed by atoms with Gasteiger partial charge in [-0.15, -0.1) is 0 Å². The summed E-state index contributed by atoms with van der Waals surface area (Å²) in [6.07, 6.45) is 1.59. The zero-order chi connectivity index (χ0) is 17.3. The van der Waals surface area contributed by atoms with Crippen LogP contribution < -0.4 is 10.1 Å². The van der Waals surface area contributed by atoms with Crippen molar-refractivity contribution in [2.45, 2.75) is 18.4 Å². The molecule has 1 aliphatic carbocycles. The van der Waals surface area contributed by atoms with E-state index >= 15 is 0 Å². The molecular formula is C17H16N2O5. The van der Waals surface area contributed by atoms with Gasteiger partial charge in [0.2, 0.25) is 0 Å². The quantitative estimate of drug-likeness (QED) is 0.777. The highest BCUT2D eigenvalue weighted by Crippen LogP contribution is 2.36. The first-order valence-corrected chi connectivity index (χ1v) is 7.31. The molecule has 0 spiro atoms. The van der Waals surface area contributed by atoms with Crippen molar-refractivity contribution < 1.29 is 24.5 Å². The Kier molecular flexibility index (Phi) is 3.84. The van der Waals surface area contributed by atoms with E-state index in [1.165, 1.54) is 25.4 Å². The largest absolute Gasteiger partial charge is 0.505 e. The predicted molar refractivity (Wildman–Crippen MR) is 84.1 cm³/mol. The summed E-state index contributed by atoms with van der Waals surface area (Å²) in [5.74, 6) is -1.60. The number of ether oxygens (including phenoxy) is 1. The maximum atomic E-state index is 12.4. The lowest BCUT2D eigenvalue weighted by Crippen LogP contribution is -2.55. The Morgan fingerprint density at radius 3 is 2.71 bits per heavy atom. The van der Waals surface area contributed by atoms with Gasteiger partial charge in [0, 0.05) is 24.6 Å². The van der Waals surface area contributed by atoms with E-state index in [-0.39, 0.29) is 24.3 Å². The molecule has 1 aliphatic rings. The highest BCUT2D eigenvalue weighted by atomic mass is 16.5. The lowest BCUT2D eigenvalue weighted by atomic mass is 9.95. The Bertz CT molecular complexity index is 820. The second-order valence-electron chi connectivity index (χ2n) is 5.66. The van der Waals surface area contributed by atoms with Crippen molar-refractivity contribution in [2.24, 2.45) is 0 Å². The molecule has 3 rings (SSSR count). The number of carbonyl (C=O) groups is 2. The van der Waals surface area contributed by atoms with E-state index in [1.54, 1.807) is 12.1 Å². The van der Waals surface area contributed by atoms with Crippen molar-refractivity contribution in [2.75, 3.05) is 7.11 Å². The fraction of sp³-hybridized carbons (Fsp3) is 0.235. The summed E-state index contributed by atoms with van der Waals surface area (Å²) >= 11 is 0. The number of carboxylic acid groups (broad SMARTS) is 1. The fourth-order valence-corrected chi connectivity index (χ4v) is 3.00. The van der Waals surface area contributed by atoms with Crippen LogP contribution in [0.1, 0.15) is 21.6 Å². The molecule has 1 aromatic heterocycles. The number of carbonyl (C=O) groups excluding carboxylic acids is 1. The average Bonchev–Trinajstić information content (AvgIpc) is 2.94. The number of fused-ring (bicyclic) bond motifs is 1. The molecule has 24 heavy (non-hydrogen) atoms. The van der Waals surface area contributed by atoms with Gasteiger partial charge < -0.3 is 20.3 Å². The van der Waals surface area contributed by atoms with E-state index in [2.05, 4.69) is 10.3 Å². The van der Waals surface area contributed by atoms with Crippen LogP contribution in [0.25, 0.3) is 0 Å². The standard InChI is InChI=1S/C17H16N2O5/c1-24-13-6-2-4-10-8-17(16(22)23,9-11(10)13)19-15(21)14-12(20)5-3-7-18-14/h2-7,20H,8-9H2,1H3,(H,19,21)(H,22,23). The Balaban J connectivity index is 1.94. The summed E-state index contributed by atoms with van der Waals surface area (Å²) in [4.78, 5) is 28.1. The number of rotatable bonds is 4. The minimum atomic E-state index is -1.50. The van der Waals surface area contributed by atoms with Crippen LogP contribution >= 0.6 is 0 Å². The van der Waals surface area contributed by atoms with E-state index in [1.807, 2.05) is 6.07 Å². The maximum Gasteiger partial charge on any atom is 0.330 e. The number of methoxy groups -OCH3 is 1. The van der Waals surface area contributed by atoms with Crippen molar-refractivity contribution in [3.8, 4) is 11.5 Å². The van der Waals surface area contributed by atoms with E-state index in [9.17, 15) is 19.8 Å². The zero-order valence-corrected chi connectivity index (χ0v) is 12.9. The minimum Gasteiger partial charge on any atom is -0.505 e. The van der Waals surface area contributed by atoms with Crippen LogP contribution in [0.15, 0.2) is 36.5 Å². The van der Waals surface area contributed by atoms with Crippen molar-refractivity contribution in [1.82, 2.24) is 10.3 Å². The van der Waals surface area contributed by atoms with E-state index in [0.717, 1.165) is 11.1 Å². The third kappa shape index (κ3) is 2.54. The first kappa shape index (κ1) is 15.8. The maximum absolute atomic E-state index is 12.4.